The van der Waals surface area contributed by atoms with Gasteiger partial charge in [-0.15, -0.1) is 0 Å². The molecule has 118 valence electrons. The van der Waals surface area contributed by atoms with E-state index in [1.165, 1.54) is 7.11 Å². The third kappa shape index (κ3) is 2.51. The van der Waals surface area contributed by atoms with Crippen molar-refractivity contribution in [3.63, 3.8) is 0 Å². The topological polar surface area (TPSA) is 56.5 Å². The average molecular weight is 302 g/mol. The molecule has 0 aromatic carbocycles. The van der Waals surface area contributed by atoms with Crippen molar-refractivity contribution in [2.75, 3.05) is 7.11 Å². The summed E-state index contributed by atoms with van der Waals surface area (Å²) in [7, 11) is 1.35. The summed E-state index contributed by atoms with van der Waals surface area (Å²) in [5.74, 6) is 1.32. The molecule has 0 spiro atoms. The normalized spacial score (nSPS) is 20.6. The first-order valence-electron chi connectivity index (χ1n) is 8.13. The lowest BCUT2D eigenvalue weighted by molar-refractivity contribution is -0.116. The minimum atomic E-state index is -0.455. The molecular formula is C18H22O4. The number of hydrogen-bond acceptors (Lipinski definition) is 4. The number of esters is 1. The molecule has 1 aromatic rings. The maximum Gasteiger partial charge on any atom is 0.373 e. The van der Waals surface area contributed by atoms with Crippen molar-refractivity contribution in [3.05, 3.63) is 28.7 Å². The fraction of sp³-hybridized carbons (Fsp3) is 0.556. The Bertz CT molecular complexity index is 636. The third-order valence-corrected chi connectivity index (χ3v) is 4.78. The molecule has 0 N–H and O–H groups in total. The SMILES string of the molecule is CCCCC1=C2c3cc(C(=O)OC)oc3CCC2CCC1=O. The van der Waals surface area contributed by atoms with Crippen LogP contribution >= 0.6 is 0 Å². The smallest absolute Gasteiger partial charge is 0.373 e. The standard InChI is InChI=1S/C18H22O4/c1-3-4-5-12-14(19)8-6-11-7-9-15-13(17(11)12)10-16(22-15)18(20)21-2/h10-11H,3-9H2,1-2H3. The van der Waals surface area contributed by atoms with E-state index in [0.29, 0.717) is 12.3 Å². The number of fused-ring (bicyclic) bond motifs is 3. The van der Waals surface area contributed by atoms with Crippen molar-refractivity contribution < 1.29 is 18.7 Å². The van der Waals surface area contributed by atoms with Crippen molar-refractivity contribution in [2.24, 2.45) is 5.92 Å². The zero-order valence-electron chi connectivity index (χ0n) is 13.2. The van der Waals surface area contributed by atoms with Gasteiger partial charge in [0, 0.05) is 18.4 Å². The fourth-order valence-corrected chi connectivity index (χ4v) is 3.64. The van der Waals surface area contributed by atoms with Gasteiger partial charge in [0.25, 0.3) is 0 Å². The van der Waals surface area contributed by atoms with E-state index in [1.54, 1.807) is 6.07 Å². The first-order chi connectivity index (χ1) is 10.7. The van der Waals surface area contributed by atoms with E-state index >= 15 is 0 Å². The van der Waals surface area contributed by atoms with Crippen molar-refractivity contribution in [1.29, 1.82) is 0 Å². The highest BCUT2D eigenvalue weighted by atomic mass is 16.5. The molecule has 2 aliphatic rings. The predicted octanol–water partition coefficient (Wildman–Crippen LogP) is 3.94. The fourth-order valence-electron chi connectivity index (χ4n) is 3.64. The molecule has 0 aliphatic heterocycles. The molecule has 0 radical (unpaired) electrons. The Morgan fingerprint density at radius 1 is 1.36 bits per heavy atom. The van der Waals surface area contributed by atoms with E-state index in [-0.39, 0.29) is 11.5 Å². The molecule has 4 heteroatoms. The largest absolute Gasteiger partial charge is 0.463 e. The number of Topliss-reactive ketones (excluding diaryl/α,β-unsaturated/α-hetero) is 1. The molecule has 0 saturated carbocycles. The van der Waals surface area contributed by atoms with Crippen molar-refractivity contribution in [1.82, 2.24) is 0 Å². The van der Waals surface area contributed by atoms with Crippen LogP contribution in [-0.2, 0) is 16.0 Å². The van der Waals surface area contributed by atoms with Gasteiger partial charge in [-0.1, -0.05) is 13.3 Å². The lowest BCUT2D eigenvalue weighted by atomic mass is 9.72. The number of ether oxygens (including phenoxy) is 1. The Hall–Kier alpha value is -1.84. The van der Waals surface area contributed by atoms with Crippen LogP contribution in [0.1, 0.15) is 67.3 Å². The molecule has 0 amide bonds. The number of carbonyl (C=O) groups excluding carboxylic acids is 2. The number of allylic oxidation sites excluding steroid dienone is 2. The molecule has 2 aliphatic carbocycles. The van der Waals surface area contributed by atoms with E-state index in [1.807, 2.05) is 0 Å². The van der Waals surface area contributed by atoms with Crippen LogP contribution in [-0.4, -0.2) is 18.9 Å². The quantitative estimate of drug-likeness (QED) is 0.791. The molecule has 4 nitrogen and oxygen atoms in total. The van der Waals surface area contributed by atoms with Gasteiger partial charge in [0.05, 0.1) is 7.11 Å². The van der Waals surface area contributed by atoms with E-state index in [0.717, 1.165) is 61.0 Å². The number of rotatable bonds is 4. The zero-order chi connectivity index (χ0) is 15.7. The van der Waals surface area contributed by atoms with Gasteiger partial charge in [0.2, 0.25) is 5.76 Å². The van der Waals surface area contributed by atoms with Gasteiger partial charge < -0.3 is 9.15 Å². The number of methoxy groups -OCH3 is 1. The van der Waals surface area contributed by atoms with E-state index in [4.69, 9.17) is 9.15 Å². The molecule has 1 unspecified atom stereocenters. The van der Waals surface area contributed by atoms with Crippen LogP contribution in [0.15, 0.2) is 16.1 Å². The van der Waals surface area contributed by atoms with E-state index in [9.17, 15) is 9.59 Å². The van der Waals surface area contributed by atoms with Gasteiger partial charge in [-0.05, 0) is 48.8 Å². The van der Waals surface area contributed by atoms with Gasteiger partial charge in [-0.2, -0.15) is 0 Å². The highest BCUT2D eigenvalue weighted by Gasteiger charge is 2.35. The molecule has 1 aromatic heterocycles. The average Bonchev–Trinajstić information content (AvgIpc) is 2.97. The maximum atomic E-state index is 12.4. The number of carbonyl (C=O) groups is 2. The van der Waals surface area contributed by atoms with Crippen molar-refractivity contribution in [2.45, 2.75) is 51.9 Å². The van der Waals surface area contributed by atoms with Crippen LogP contribution in [0.2, 0.25) is 0 Å². The summed E-state index contributed by atoms with van der Waals surface area (Å²) in [5, 5.41) is 0. The van der Waals surface area contributed by atoms with Crippen LogP contribution in [0.25, 0.3) is 5.57 Å². The molecule has 0 saturated heterocycles. The van der Waals surface area contributed by atoms with E-state index in [2.05, 4.69) is 6.92 Å². The van der Waals surface area contributed by atoms with Gasteiger partial charge in [0.15, 0.2) is 5.78 Å². The van der Waals surface area contributed by atoms with Crippen LogP contribution in [0, 0.1) is 5.92 Å². The summed E-state index contributed by atoms with van der Waals surface area (Å²) in [6.07, 6.45) is 6.33. The second-order valence-corrected chi connectivity index (χ2v) is 6.13. The molecular weight excluding hydrogens is 280 g/mol. The summed E-state index contributed by atoms with van der Waals surface area (Å²) in [5.41, 5.74) is 3.08. The number of hydrogen-bond donors (Lipinski definition) is 0. The lowest BCUT2D eigenvalue weighted by Gasteiger charge is -2.31. The number of furan rings is 1. The third-order valence-electron chi connectivity index (χ3n) is 4.78. The Labute approximate surface area is 130 Å². The molecule has 0 bridgehead atoms. The Balaban J connectivity index is 2.07. The monoisotopic (exact) mass is 302 g/mol. The molecule has 1 heterocycles. The Kier molecular flexibility index (Phi) is 4.19. The predicted molar refractivity (Wildman–Crippen MR) is 82.5 cm³/mol. The van der Waals surface area contributed by atoms with Crippen molar-refractivity contribution in [3.8, 4) is 0 Å². The zero-order valence-corrected chi connectivity index (χ0v) is 13.2. The molecule has 0 fully saturated rings. The summed E-state index contributed by atoms with van der Waals surface area (Å²) >= 11 is 0. The molecule has 3 rings (SSSR count). The molecule has 22 heavy (non-hydrogen) atoms. The minimum Gasteiger partial charge on any atom is -0.463 e. The summed E-state index contributed by atoms with van der Waals surface area (Å²) in [4.78, 5) is 24.1. The number of ketones is 1. The summed E-state index contributed by atoms with van der Waals surface area (Å²) < 4.78 is 10.4. The van der Waals surface area contributed by atoms with E-state index < -0.39 is 5.97 Å². The van der Waals surface area contributed by atoms with Crippen LogP contribution in [0.3, 0.4) is 0 Å². The molecule has 1 atom stereocenters. The van der Waals surface area contributed by atoms with Gasteiger partial charge >= 0.3 is 5.97 Å². The van der Waals surface area contributed by atoms with Gasteiger partial charge in [-0.25, -0.2) is 4.79 Å². The highest BCUT2D eigenvalue weighted by molar-refractivity contribution is 6.05. The van der Waals surface area contributed by atoms with Gasteiger partial charge in [0.1, 0.15) is 5.76 Å². The number of unbranched alkanes of at least 4 members (excludes halogenated alkanes) is 1. The summed E-state index contributed by atoms with van der Waals surface area (Å²) in [6, 6.07) is 1.77. The lowest BCUT2D eigenvalue weighted by Crippen LogP contribution is -2.22. The van der Waals surface area contributed by atoms with Gasteiger partial charge in [-0.3, -0.25) is 4.79 Å². The van der Waals surface area contributed by atoms with Crippen molar-refractivity contribution >= 4 is 17.3 Å². The Morgan fingerprint density at radius 2 is 2.14 bits per heavy atom. The maximum absolute atomic E-state index is 12.4. The van der Waals surface area contributed by atoms with Crippen LogP contribution in [0.4, 0.5) is 0 Å². The first-order valence-corrected chi connectivity index (χ1v) is 8.13. The first kappa shape index (κ1) is 15.1. The van der Waals surface area contributed by atoms with Crippen LogP contribution < -0.4 is 0 Å². The highest BCUT2D eigenvalue weighted by Crippen LogP contribution is 2.45. The van der Waals surface area contributed by atoms with Crippen LogP contribution in [0.5, 0.6) is 0 Å². The second kappa shape index (κ2) is 6.11. The number of aryl methyl sites for hydroxylation is 1. The minimum absolute atomic E-state index is 0.244. The Morgan fingerprint density at radius 3 is 2.86 bits per heavy atom. The summed E-state index contributed by atoms with van der Waals surface area (Å²) in [6.45, 7) is 2.13. The second-order valence-electron chi connectivity index (χ2n) is 6.13.